The average Bonchev–Trinajstić information content (AvgIpc) is 3.64. The van der Waals surface area contributed by atoms with Gasteiger partial charge in [-0.05, 0) is 66.2 Å². The molecule has 0 spiro atoms. The molecule has 0 aliphatic carbocycles. The SMILES string of the molecule is C(#Cc1ccccc1C1=Nc2ccccc2C1)c1ccc(C#Cc2ccccc2-c2nc3ccccc3o2)cc1. The molecular weight excluding hydrogens is 488 g/mol. The van der Waals surface area contributed by atoms with E-state index in [1.54, 1.807) is 0 Å². The van der Waals surface area contributed by atoms with Gasteiger partial charge in [-0.2, -0.15) is 0 Å². The van der Waals surface area contributed by atoms with Crippen LogP contribution in [0.4, 0.5) is 5.69 Å². The molecule has 0 fully saturated rings. The smallest absolute Gasteiger partial charge is 0.228 e. The number of aromatic nitrogens is 1. The molecule has 0 atom stereocenters. The summed E-state index contributed by atoms with van der Waals surface area (Å²) in [5, 5.41) is 0. The van der Waals surface area contributed by atoms with Crippen LogP contribution in [0, 0.1) is 23.7 Å². The second-order valence-corrected chi connectivity index (χ2v) is 9.52. The summed E-state index contributed by atoms with van der Waals surface area (Å²) < 4.78 is 5.98. The van der Waals surface area contributed by atoms with Crippen LogP contribution in [0.1, 0.15) is 33.4 Å². The number of nitrogens with zero attached hydrogens (tertiary/aromatic N) is 2. The molecule has 0 saturated heterocycles. The quantitative estimate of drug-likeness (QED) is 0.222. The first-order valence-electron chi connectivity index (χ1n) is 13.1. The first kappa shape index (κ1) is 23.5. The number of oxazole rings is 1. The van der Waals surface area contributed by atoms with Crippen molar-refractivity contribution in [2.24, 2.45) is 4.99 Å². The summed E-state index contributed by atoms with van der Waals surface area (Å²) in [5.74, 6) is 13.8. The molecule has 0 radical (unpaired) electrons. The molecule has 7 rings (SSSR count). The van der Waals surface area contributed by atoms with E-state index in [0.29, 0.717) is 5.89 Å². The maximum absolute atomic E-state index is 5.98. The molecule has 0 N–H and O–H groups in total. The Bertz CT molecular complexity index is 2010. The molecule has 40 heavy (non-hydrogen) atoms. The van der Waals surface area contributed by atoms with Crippen LogP contribution < -0.4 is 0 Å². The largest absolute Gasteiger partial charge is 0.436 e. The highest BCUT2D eigenvalue weighted by Gasteiger charge is 2.17. The highest BCUT2D eigenvalue weighted by molar-refractivity contribution is 6.08. The molecule has 0 unspecified atom stereocenters. The fourth-order valence-electron chi connectivity index (χ4n) is 4.82. The normalized spacial score (nSPS) is 11.7. The lowest BCUT2D eigenvalue weighted by molar-refractivity contribution is 0.619. The van der Waals surface area contributed by atoms with E-state index in [1.807, 2.05) is 91.0 Å². The zero-order valence-corrected chi connectivity index (χ0v) is 21.6. The van der Waals surface area contributed by atoms with Crippen LogP contribution in [0.3, 0.4) is 0 Å². The van der Waals surface area contributed by atoms with Gasteiger partial charge in [-0.1, -0.05) is 84.3 Å². The van der Waals surface area contributed by atoms with Gasteiger partial charge < -0.3 is 4.42 Å². The van der Waals surface area contributed by atoms with Crippen LogP contribution in [-0.4, -0.2) is 10.7 Å². The Morgan fingerprint density at radius 2 is 1.15 bits per heavy atom. The molecule has 3 nitrogen and oxygen atoms in total. The lowest BCUT2D eigenvalue weighted by Gasteiger charge is -2.03. The first-order chi connectivity index (χ1) is 19.8. The molecule has 0 amide bonds. The van der Waals surface area contributed by atoms with Gasteiger partial charge in [-0.25, -0.2) is 4.98 Å². The Labute approximate surface area is 232 Å². The van der Waals surface area contributed by atoms with Crippen LogP contribution in [0.25, 0.3) is 22.6 Å². The molecule has 6 aromatic rings. The fourth-order valence-corrected chi connectivity index (χ4v) is 4.82. The van der Waals surface area contributed by atoms with E-state index in [4.69, 9.17) is 9.41 Å². The summed E-state index contributed by atoms with van der Waals surface area (Å²) in [6.07, 6.45) is 0.831. The maximum Gasteiger partial charge on any atom is 0.228 e. The zero-order chi connectivity index (χ0) is 26.7. The van der Waals surface area contributed by atoms with Crippen molar-refractivity contribution in [1.29, 1.82) is 0 Å². The van der Waals surface area contributed by atoms with Gasteiger partial charge in [-0.3, -0.25) is 4.99 Å². The van der Waals surface area contributed by atoms with Crippen molar-refractivity contribution < 1.29 is 4.42 Å². The van der Waals surface area contributed by atoms with Crippen molar-refractivity contribution in [2.45, 2.75) is 6.42 Å². The van der Waals surface area contributed by atoms with E-state index < -0.39 is 0 Å². The average molecular weight is 511 g/mol. The van der Waals surface area contributed by atoms with E-state index in [0.717, 1.165) is 62.3 Å². The number of fused-ring (bicyclic) bond motifs is 2. The van der Waals surface area contributed by atoms with Crippen molar-refractivity contribution in [1.82, 2.24) is 4.98 Å². The van der Waals surface area contributed by atoms with Gasteiger partial charge >= 0.3 is 0 Å². The Balaban J connectivity index is 1.12. The fraction of sp³-hybridized carbons (Fsp3) is 0.0270. The number of para-hydroxylation sites is 3. The van der Waals surface area contributed by atoms with E-state index >= 15 is 0 Å². The van der Waals surface area contributed by atoms with Crippen molar-refractivity contribution in [3.05, 3.63) is 155 Å². The number of rotatable bonds is 2. The number of hydrogen-bond acceptors (Lipinski definition) is 3. The summed E-state index contributed by atoms with van der Waals surface area (Å²) in [6, 6.07) is 40.2. The van der Waals surface area contributed by atoms with E-state index in [1.165, 1.54) is 5.56 Å². The summed E-state index contributed by atoms with van der Waals surface area (Å²) in [7, 11) is 0. The monoisotopic (exact) mass is 510 g/mol. The van der Waals surface area contributed by atoms with Crippen LogP contribution in [0.2, 0.25) is 0 Å². The third-order valence-corrected chi connectivity index (χ3v) is 6.86. The topological polar surface area (TPSA) is 38.4 Å². The summed E-state index contributed by atoms with van der Waals surface area (Å²) in [4.78, 5) is 9.50. The molecule has 1 aliphatic rings. The minimum atomic E-state index is 0.574. The Morgan fingerprint density at radius 1 is 0.550 bits per heavy atom. The van der Waals surface area contributed by atoms with Gasteiger partial charge in [0.1, 0.15) is 5.52 Å². The third kappa shape index (κ3) is 4.69. The molecule has 2 heterocycles. The molecule has 3 heteroatoms. The first-order valence-corrected chi connectivity index (χ1v) is 13.1. The van der Waals surface area contributed by atoms with Crippen molar-refractivity contribution in [3.8, 4) is 35.1 Å². The molecule has 1 aliphatic heterocycles. The van der Waals surface area contributed by atoms with Crippen LogP contribution in [-0.2, 0) is 6.42 Å². The van der Waals surface area contributed by atoms with Gasteiger partial charge in [-0.15, -0.1) is 0 Å². The lowest BCUT2D eigenvalue weighted by Crippen LogP contribution is -2.03. The summed E-state index contributed by atoms with van der Waals surface area (Å²) >= 11 is 0. The highest BCUT2D eigenvalue weighted by atomic mass is 16.3. The van der Waals surface area contributed by atoms with Crippen molar-refractivity contribution in [3.63, 3.8) is 0 Å². The number of benzene rings is 5. The van der Waals surface area contributed by atoms with Crippen LogP contribution >= 0.6 is 0 Å². The van der Waals surface area contributed by atoms with E-state index in [-0.39, 0.29) is 0 Å². The Kier molecular flexibility index (Phi) is 6.02. The predicted octanol–water partition coefficient (Wildman–Crippen LogP) is 7.97. The van der Waals surface area contributed by atoms with Gasteiger partial charge in [0, 0.05) is 34.2 Å². The molecule has 5 aromatic carbocycles. The third-order valence-electron chi connectivity index (χ3n) is 6.86. The van der Waals surface area contributed by atoms with E-state index in [9.17, 15) is 0 Å². The second-order valence-electron chi connectivity index (χ2n) is 9.52. The van der Waals surface area contributed by atoms with Crippen LogP contribution in [0.15, 0.2) is 131 Å². The molecule has 0 bridgehead atoms. The number of aliphatic imine (C=N–C) groups is 1. The molecule has 1 aromatic heterocycles. The Morgan fingerprint density at radius 3 is 1.88 bits per heavy atom. The van der Waals surface area contributed by atoms with Gasteiger partial charge in [0.2, 0.25) is 5.89 Å². The Hall–Kier alpha value is -5.64. The second kappa shape index (κ2) is 10.3. The molecule has 186 valence electrons. The number of hydrogen-bond donors (Lipinski definition) is 0. The molecule has 0 saturated carbocycles. The van der Waals surface area contributed by atoms with Gasteiger partial charge in [0.05, 0.1) is 17.0 Å². The maximum atomic E-state index is 5.98. The minimum absolute atomic E-state index is 0.574. The minimum Gasteiger partial charge on any atom is -0.436 e. The van der Waals surface area contributed by atoms with Crippen molar-refractivity contribution >= 4 is 22.5 Å². The predicted molar refractivity (Wildman–Crippen MR) is 161 cm³/mol. The highest BCUT2D eigenvalue weighted by Crippen LogP contribution is 2.29. The van der Waals surface area contributed by atoms with Gasteiger partial charge in [0.15, 0.2) is 5.58 Å². The van der Waals surface area contributed by atoms with Crippen LogP contribution in [0.5, 0.6) is 0 Å². The summed E-state index contributed by atoms with van der Waals surface area (Å²) in [5.41, 5.74) is 10.6. The molecular formula is C37H22N2O. The lowest BCUT2D eigenvalue weighted by atomic mass is 9.99. The van der Waals surface area contributed by atoms with Gasteiger partial charge in [0.25, 0.3) is 0 Å². The standard InChI is InChI=1S/C37H22N2O/c1-4-12-31(35-25-30-11-3-6-14-33(30)38-35)28(9-1)23-21-26-17-19-27(20-18-26)22-24-29-10-2-5-13-32(29)37-39-34-15-7-8-16-36(34)40-37/h1-20H,25H2. The van der Waals surface area contributed by atoms with Crippen molar-refractivity contribution in [2.75, 3.05) is 0 Å². The summed E-state index contributed by atoms with van der Waals surface area (Å²) in [6.45, 7) is 0. The zero-order valence-electron chi connectivity index (χ0n) is 21.6. The van der Waals surface area contributed by atoms with E-state index in [2.05, 4.69) is 59.0 Å².